The van der Waals surface area contributed by atoms with Crippen LogP contribution in [0.25, 0.3) is 0 Å². The monoisotopic (exact) mass is 319 g/mol. The lowest BCUT2D eigenvalue weighted by atomic mass is 9.99. The van der Waals surface area contributed by atoms with E-state index in [9.17, 15) is 9.59 Å². The number of carbonyl (C=O) groups excluding carboxylic acids is 2. The van der Waals surface area contributed by atoms with Gasteiger partial charge in [-0.15, -0.1) is 0 Å². The first-order chi connectivity index (χ1) is 11.0. The number of esters is 1. The van der Waals surface area contributed by atoms with Crippen molar-refractivity contribution in [3.8, 4) is 0 Å². The molecule has 0 radical (unpaired) electrons. The van der Waals surface area contributed by atoms with Crippen LogP contribution in [0.3, 0.4) is 0 Å². The van der Waals surface area contributed by atoms with E-state index in [-0.39, 0.29) is 18.2 Å². The first-order valence-corrected chi connectivity index (χ1v) is 8.50. The van der Waals surface area contributed by atoms with Crippen molar-refractivity contribution in [3.63, 3.8) is 0 Å². The minimum Gasteiger partial charge on any atom is -0.466 e. The van der Waals surface area contributed by atoms with Gasteiger partial charge in [0.05, 0.1) is 19.1 Å². The lowest BCUT2D eigenvalue weighted by molar-refractivity contribution is -0.143. The van der Waals surface area contributed by atoms with E-state index in [1.54, 1.807) is 6.92 Å². The number of nitrogens with one attached hydrogen (secondary N) is 1. The number of aryl methyl sites for hydroxylation is 1. The number of hydrogen-bond acceptors (Lipinski definition) is 4. The lowest BCUT2D eigenvalue weighted by Gasteiger charge is -2.18. The highest BCUT2D eigenvalue weighted by molar-refractivity contribution is 6.01. The van der Waals surface area contributed by atoms with Gasteiger partial charge in [-0.05, 0) is 37.8 Å². The highest BCUT2D eigenvalue weighted by Gasteiger charge is 2.23. The second-order valence-corrected chi connectivity index (χ2v) is 6.11. The minimum atomic E-state index is -0.528. The van der Waals surface area contributed by atoms with Crippen molar-refractivity contribution in [2.75, 3.05) is 13.2 Å². The van der Waals surface area contributed by atoms with Crippen molar-refractivity contribution in [1.29, 1.82) is 0 Å². The van der Waals surface area contributed by atoms with Gasteiger partial charge < -0.3 is 10.1 Å². The predicted molar refractivity (Wildman–Crippen MR) is 92.6 cm³/mol. The van der Waals surface area contributed by atoms with Crippen LogP contribution in [0.4, 0.5) is 0 Å². The van der Waals surface area contributed by atoms with Crippen molar-refractivity contribution >= 4 is 11.8 Å². The zero-order valence-electron chi connectivity index (χ0n) is 14.7. The SMILES string of the molecule is CCOC(=O)CC(NCCC(C)C)C(=O)c1ccc(CC)cc1. The number of ketones is 1. The number of carbonyl (C=O) groups is 2. The van der Waals surface area contributed by atoms with Gasteiger partial charge in [0.25, 0.3) is 0 Å². The Hall–Kier alpha value is -1.68. The van der Waals surface area contributed by atoms with E-state index in [1.165, 1.54) is 5.56 Å². The molecule has 0 heterocycles. The van der Waals surface area contributed by atoms with Crippen LogP contribution in [0.15, 0.2) is 24.3 Å². The molecule has 0 aliphatic rings. The Kier molecular flexibility index (Phi) is 8.56. The Balaban J connectivity index is 2.78. The van der Waals surface area contributed by atoms with Crippen molar-refractivity contribution in [1.82, 2.24) is 5.32 Å². The fourth-order valence-corrected chi connectivity index (χ4v) is 2.30. The van der Waals surface area contributed by atoms with Gasteiger partial charge in [0.2, 0.25) is 0 Å². The number of hydrogen-bond donors (Lipinski definition) is 1. The van der Waals surface area contributed by atoms with Gasteiger partial charge in [-0.1, -0.05) is 45.0 Å². The largest absolute Gasteiger partial charge is 0.466 e. The molecule has 23 heavy (non-hydrogen) atoms. The summed E-state index contributed by atoms with van der Waals surface area (Å²) in [6, 6.07) is 7.07. The highest BCUT2D eigenvalue weighted by Crippen LogP contribution is 2.11. The first-order valence-electron chi connectivity index (χ1n) is 8.50. The molecule has 1 aromatic carbocycles. The summed E-state index contributed by atoms with van der Waals surface area (Å²) in [5, 5.41) is 3.22. The molecule has 0 spiro atoms. The van der Waals surface area contributed by atoms with E-state index >= 15 is 0 Å². The van der Waals surface area contributed by atoms with E-state index in [2.05, 4.69) is 26.1 Å². The molecular formula is C19H29NO3. The fourth-order valence-electron chi connectivity index (χ4n) is 2.30. The summed E-state index contributed by atoms with van der Waals surface area (Å²) >= 11 is 0. The summed E-state index contributed by atoms with van der Waals surface area (Å²) in [6.45, 7) is 9.15. The van der Waals surface area contributed by atoms with Crippen molar-refractivity contribution in [3.05, 3.63) is 35.4 Å². The molecule has 1 N–H and O–H groups in total. The Morgan fingerprint density at radius 1 is 1.13 bits per heavy atom. The zero-order valence-corrected chi connectivity index (χ0v) is 14.7. The van der Waals surface area contributed by atoms with Crippen molar-refractivity contribution < 1.29 is 14.3 Å². The molecule has 1 unspecified atom stereocenters. The summed E-state index contributed by atoms with van der Waals surface area (Å²) in [7, 11) is 0. The summed E-state index contributed by atoms with van der Waals surface area (Å²) in [5.41, 5.74) is 1.82. The second-order valence-electron chi connectivity index (χ2n) is 6.11. The van der Waals surface area contributed by atoms with Gasteiger partial charge in [0, 0.05) is 5.56 Å². The maximum Gasteiger partial charge on any atom is 0.307 e. The molecule has 0 amide bonds. The molecule has 0 saturated carbocycles. The van der Waals surface area contributed by atoms with Gasteiger partial charge in [0.1, 0.15) is 0 Å². The van der Waals surface area contributed by atoms with Crippen LogP contribution < -0.4 is 5.32 Å². The van der Waals surface area contributed by atoms with E-state index in [0.29, 0.717) is 24.6 Å². The van der Waals surface area contributed by atoms with Crippen LogP contribution >= 0.6 is 0 Å². The molecule has 128 valence electrons. The van der Waals surface area contributed by atoms with E-state index in [4.69, 9.17) is 4.74 Å². The molecule has 4 nitrogen and oxygen atoms in total. The average Bonchev–Trinajstić information content (AvgIpc) is 2.53. The van der Waals surface area contributed by atoms with Gasteiger partial charge in [0.15, 0.2) is 5.78 Å². The molecule has 0 aliphatic carbocycles. The maximum absolute atomic E-state index is 12.7. The molecule has 4 heteroatoms. The van der Waals surface area contributed by atoms with Crippen molar-refractivity contribution in [2.24, 2.45) is 5.92 Å². The third-order valence-electron chi connectivity index (χ3n) is 3.75. The second kappa shape index (κ2) is 10.2. The molecule has 0 bridgehead atoms. The van der Waals surface area contributed by atoms with E-state index in [1.807, 2.05) is 24.3 Å². The summed E-state index contributed by atoms with van der Waals surface area (Å²) in [6.07, 6.45) is 1.97. The quantitative estimate of drug-likeness (QED) is 0.530. The smallest absolute Gasteiger partial charge is 0.307 e. The zero-order chi connectivity index (χ0) is 17.2. The summed E-state index contributed by atoms with van der Waals surface area (Å²) in [4.78, 5) is 24.5. The van der Waals surface area contributed by atoms with Crippen LogP contribution in [-0.4, -0.2) is 30.9 Å². The Morgan fingerprint density at radius 2 is 1.78 bits per heavy atom. The normalized spacial score (nSPS) is 12.2. The molecule has 0 fully saturated rings. The molecule has 0 saturated heterocycles. The Labute approximate surface area is 139 Å². The number of rotatable bonds is 10. The van der Waals surface area contributed by atoms with Crippen LogP contribution in [0, 0.1) is 5.92 Å². The summed E-state index contributed by atoms with van der Waals surface area (Å²) in [5.74, 6) is 0.155. The van der Waals surface area contributed by atoms with Gasteiger partial charge >= 0.3 is 5.97 Å². The van der Waals surface area contributed by atoms with Gasteiger partial charge in [-0.2, -0.15) is 0 Å². The number of Topliss-reactive ketones (excluding diaryl/α,β-unsaturated/α-hetero) is 1. The standard InChI is InChI=1S/C19H29NO3/c1-5-15-7-9-16(10-8-15)19(22)17(13-18(21)23-6-2)20-12-11-14(3)4/h7-10,14,17,20H,5-6,11-13H2,1-4H3. The van der Waals surface area contributed by atoms with Crippen molar-refractivity contribution in [2.45, 2.75) is 53.0 Å². The first kappa shape index (κ1) is 19.4. The third kappa shape index (κ3) is 6.95. The highest BCUT2D eigenvalue weighted by atomic mass is 16.5. The van der Waals surface area contributed by atoms with E-state index in [0.717, 1.165) is 12.8 Å². The molecule has 0 aliphatic heterocycles. The van der Waals surface area contributed by atoms with Gasteiger partial charge in [-0.25, -0.2) is 0 Å². The maximum atomic E-state index is 12.7. The lowest BCUT2D eigenvalue weighted by Crippen LogP contribution is -2.40. The van der Waals surface area contributed by atoms with Crippen LogP contribution in [0.2, 0.25) is 0 Å². The Morgan fingerprint density at radius 3 is 2.30 bits per heavy atom. The van der Waals surface area contributed by atoms with Crippen LogP contribution in [0.5, 0.6) is 0 Å². The number of ether oxygens (including phenoxy) is 1. The topological polar surface area (TPSA) is 55.4 Å². The van der Waals surface area contributed by atoms with Crippen LogP contribution in [-0.2, 0) is 16.0 Å². The summed E-state index contributed by atoms with van der Waals surface area (Å²) < 4.78 is 4.99. The molecule has 1 aromatic rings. The molecule has 0 aromatic heterocycles. The molecule has 1 atom stereocenters. The van der Waals surface area contributed by atoms with Gasteiger partial charge in [-0.3, -0.25) is 9.59 Å². The number of benzene rings is 1. The Bertz CT molecular complexity index is 494. The van der Waals surface area contributed by atoms with E-state index < -0.39 is 6.04 Å². The molecule has 1 rings (SSSR count). The molecular weight excluding hydrogens is 290 g/mol. The third-order valence-corrected chi connectivity index (χ3v) is 3.75. The predicted octanol–water partition coefficient (Wildman–Crippen LogP) is 3.39. The van der Waals surface area contributed by atoms with Crippen LogP contribution in [0.1, 0.15) is 56.5 Å². The average molecular weight is 319 g/mol. The minimum absolute atomic E-state index is 0.0514. The fraction of sp³-hybridized carbons (Fsp3) is 0.579.